The number of hydrogen-bond donors (Lipinski definition) is 0. The molecule has 1 aliphatic carbocycles. The van der Waals surface area contributed by atoms with Gasteiger partial charge in [0, 0.05) is 17.1 Å². The summed E-state index contributed by atoms with van der Waals surface area (Å²) in [6.07, 6.45) is 0. The van der Waals surface area contributed by atoms with E-state index >= 15 is 0 Å². The molecule has 11 aromatic carbocycles. The molecule has 0 fully saturated rings. The molecule has 0 bridgehead atoms. The van der Waals surface area contributed by atoms with Crippen molar-refractivity contribution in [3.8, 4) is 66.8 Å². The van der Waals surface area contributed by atoms with Crippen molar-refractivity contribution in [3.05, 3.63) is 237 Å². The maximum Gasteiger partial charge on any atom is 0.0468 e. The van der Waals surface area contributed by atoms with Gasteiger partial charge in [0.1, 0.15) is 0 Å². The van der Waals surface area contributed by atoms with Gasteiger partial charge in [-0.3, -0.25) is 0 Å². The smallest absolute Gasteiger partial charge is 0.0468 e. The molecule has 0 N–H and O–H groups in total. The summed E-state index contributed by atoms with van der Waals surface area (Å²) in [7, 11) is 0. The standard InChI is InChI=1S/C60H39N/c1-4-15-40(16-5-1)41-27-32-48(33-28-41)61(49-34-29-43(30-35-49)52-26-14-22-42-17-10-11-23-51(42)52)50-36-31-46-38-55-56(39-47(46)37-50)60-58(45-20-8-3-9-21-45)54-25-13-12-24-53(54)57(59(55)60)44-18-6-2-7-19-44/h1-39H. The van der Waals surface area contributed by atoms with Crippen LogP contribution in [0.25, 0.3) is 99.1 Å². The Kier molecular flexibility index (Phi) is 8.25. The molecule has 11 aromatic rings. The van der Waals surface area contributed by atoms with E-state index in [1.54, 1.807) is 0 Å². The SMILES string of the molecule is c1ccc(-c2ccc(N(c3ccc(-c4cccc5ccccc45)cc3)c3ccc4cc5c(cc4c3)-c3c-5c(-c4ccccc4)c4ccccc4c3-c3ccccc3)cc2)cc1. The average molecular weight is 774 g/mol. The van der Waals surface area contributed by atoms with Crippen LogP contribution in [0, 0.1) is 0 Å². The molecule has 284 valence electrons. The molecule has 12 rings (SSSR count). The molecule has 0 spiro atoms. The molecule has 0 amide bonds. The van der Waals surface area contributed by atoms with Crippen molar-refractivity contribution in [3.63, 3.8) is 0 Å². The summed E-state index contributed by atoms with van der Waals surface area (Å²) in [5.41, 5.74) is 18.6. The van der Waals surface area contributed by atoms with Gasteiger partial charge in [-0.25, -0.2) is 0 Å². The molecule has 0 radical (unpaired) electrons. The van der Waals surface area contributed by atoms with Crippen LogP contribution in [0.1, 0.15) is 0 Å². The Bertz CT molecular complexity index is 3420. The van der Waals surface area contributed by atoms with E-state index in [0.717, 1.165) is 17.1 Å². The predicted molar refractivity (Wildman–Crippen MR) is 260 cm³/mol. The Morgan fingerprint density at radius 1 is 0.213 bits per heavy atom. The maximum atomic E-state index is 2.44. The third-order valence-corrected chi connectivity index (χ3v) is 12.6. The van der Waals surface area contributed by atoms with Gasteiger partial charge in [0.2, 0.25) is 0 Å². The van der Waals surface area contributed by atoms with Crippen LogP contribution >= 0.6 is 0 Å². The minimum Gasteiger partial charge on any atom is -0.310 e. The molecule has 61 heavy (non-hydrogen) atoms. The molecule has 0 aromatic heterocycles. The second kappa shape index (κ2) is 14.4. The highest BCUT2D eigenvalue weighted by atomic mass is 15.1. The van der Waals surface area contributed by atoms with Gasteiger partial charge < -0.3 is 4.90 Å². The zero-order valence-corrected chi connectivity index (χ0v) is 33.5. The van der Waals surface area contributed by atoms with Gasteiger partial charge in [-0.2, -0.15) is 0 Å². The van der Waals surface area contributed by atoms with Crippen LogP contribution < -0.4 is 4.90 Å². The highest BCUT2D eigenvalue weighted by Gasteiger charge is 2.32. The van der Waals surface area contributed by atoms with E-state index in [1.807, 2.05) is 0 Å². The van der Waals surface area contributed by atoms with Gasteiger partial charge in [0.05, 0.1) is 0 Å². The fourth-order valence-corrected chi connectivity index (χ4v) is 9.71. The quantitative estimate of drug-likeness (QED) is 0.156. The molecule has 0 atom stereocenters. The van der Waals surface area contributed by atoms with Gasteiger partial charge in [-0.15, -0.1) is 0 Å². The lowest BCUT2D eigenvalue weighted by Crippen LogP contribution is -2.10. The molecule has 1 heteroatoms. The maximum absolute atomic E-state index is 2.44. The van der Waals surface area contributed by atoms with E-state index in [2.05, 4.69) is 241 Å². The lowest BCUT2D eigenvalue weighted by molar-refractivity contribution is 1.29. The van der Waals surface area contributed by atoms with E-state index in [9.17, 15) is 0 Å². The molecule has 1 aliphatic rings. The molecule has 0 heterocycles. The number of anilines is 3. The van der Waals surface area contributed by atoms with Crippen LogP contribution in [-0.2, 0) is 0 Å². The van der Waals surface area contributed by atoms with E-state index in [-0.39, 0.29) is 0 Å². The monoisotopic (exact) mass is 773 g/mol. The Morgan fingerprint density at radius 2 is 0.656 bits per heavy atom. The van der Waals surface area contributed by atoms with Crippen molar-refractivity contribution >= 4 is 49.4 Å². The lowest BCUT2D eigenvalue weighted by Gasteiger charge is -2.33. The van der Waals surface area contributed by atoms with Crippen LogP contribution in [0.4, 0.5) is 17.1 Å². The lowest BCUT2D eigenvalue weighted by atomic mass is 9.70. The topological polar surface area (TPSA) is 3.24 Å². The van der Waals surface area contributed by atoms with Gasteiger partial charge in [0.25, 0.3) is 0 Å². The first-order chi connectivity index (χ1) is 30.3. The van der Waals surface area contributed by atoms with E-state index in [1.165, 1.54) is 99.1 Å². The first-order valence-electron chi connectivity index (χ1n) is 21.1. The third kappa shape index (κ3) is 5.86. The Labute approximate surface area is 356 Å². The summed E-state index contributed by atoms with van der Waals surface area (Å²) in [6.45, 7) is 0. The Hall–Kier alpha value is -8.00. The third-order valence-electron chi connectivity index (χ3n) is 12.6. The molecular weight excluding hydrogens is 735 g/mol. The van der Waals surface area contributed by atoms with Gasteiger partial charge in [-0.1, -0.05) is 188 Å². The molecule has 0 saturated carbocycles. The predicted octanol–water partition coefficient (Wildman–Crippen LogP) is 16.9. The minimum atomic E-state index is 1.11. The molecule has 0 unspecified atom stereocenters. The fourth-order valence-electron chi connectivity index (χ4n) is 9.71. The highest BCUT2D eigenvalue weighted by Crippen LogP contribution is 2.60. The van der Waals surface area contributed by atoms with Crippen LogP contribution in [-0.4, -0.2) is 0 Å². The van der Waals surface area contributed by atoms with Crippen molar-refractivity contribution in [1.82, 2.24) is 0 Å². The second-order valence-corrected chi connectivity index (χ2v) is 16.0. The molecule has 1 nitrogen and oxygen atoms in total. The summed E-state index contributed by atoms with van der Waals surface area (Å²) in [5.74, 6) is 0. The van der Waals surface area contributed by atoms with Crippen LogP contribution in [0.2, 0.25) is 0 Å². The van der Waals surface area contributed by atoms with E-state index in [4.69, 9.17) is 0 Å². The zero-order valence-electron chi connectivity index (χ0n) is 33.5. The largest absolute Gasteiger partial charge is 0.310 e. The van der Waals surface area contributed by atoms with Crippen LogP contribution in [0.3, 0.4) is 0 Å². The number of rotatable bonds is 7. The van der Waals surface area contributed by atoms with Crippen molar-refractivity contribution < 1.29 is 0 Å². The number of hydrogen-bond acceptors (Lipinski definition) is 1. The molecule has 0 aliphatic heterocycles. The Morgan fingerprint density at radius 3 is 1.25 bits per heavy atom. The van der Waals surface area contributed by atoms with Crippen molar-refractivity contribution in [1.29, 1.82) is 0 Å². The minimum absolute atomic E-state index is 1.11. The van der Waals surface area contributed by atoms with Gasteiger partial charge in [0.15, 0.2) is 0 Å². The average Bonchev–Trinajstić information content (AvgIpc) is 3.34. The highest BCUT2D eigenvalue weighted by molar-refractivity contribution is 6.26. The molecular formula is C60H39N. The normalized spacial score (nSPS) is 11.6. The summed E-state index contributed by atoms with van der Waals surface area (Å²) >= 11 is 0. The number of nitrogens with zero attached hydrogens (tertiary/aromatic N) is 1. The molecule has 0 saturated heterocycles. The second-order valence-electron chi connectivity index (χ2n) is 16.0. The number of benzene rings is 11. The summed E-state index contributed by atoms with van der Waals surface area (Å²) in [5, 5.41) is 7.52. The Balaban J connectivity index is 1.02. The van der Waals surface area contributed by atoms with E-state index < -0.39 is 0 Å². The summed E-state index contributed by atoms with van der Waals surface area (Å²) in [4.78, 5) is 2.39. The zero-order chi connectivity index (χ0) is 40.3. The fraction of sp³-hybridized carbons (Fsp3) is 0. The van der Waals surface area contributed by atoms with Gasteiger partial charge >= 0.3 is 0 Å². The van der Waals surface area contributed by atoms with Crippen LogP contribution in [0.5, 0.6) is 0 Å². The summed E-state index contributed by atoms with van der Waals surface area (Å²) < 4.78 is 0. The summed E-state index contributed by atoms with van der Waals surface area (Å²) in [6, 6.07) is 86.5. The van der Waals surface area contributed by atoms with E-state index in [0.29, 0.717) is 0 Å². The first kappa shape index (κ1) is 35.0. The van der Waals surface area contributed by atoms with Crippen molar-refractivity contribution in [2.24, 2.45) is 0 Å². The van der Waals surface area contributed by atoms with Crippen molar-refractivity contribution in [2.45, 2.75) is 0 Å². The van der Waals surface area contributed by atoms with Gasteiger partial charge in [-0.05, 0) is 148 Å². The van der Waals surface area contributed by atoms with Crippen molar-refractivity contribution in [2.75, 3.05) is 4.90 Å². The van der Waals surface area contributed by atoms with Crippen LogP contribution in [0.15, 0.2) is 237 Å². The number of fused-ring (bicyclic) bond motifs is 7. The first-order valence-corrected chi connectivity index (χ1v) is 21.1.